The van der Waals surface area contributed by atoms with Crippen molar-refractivity contribution < 1.29 is 0 Å². The van der Waals surface area contributed by atoms with E-state index in [2.05, 4.69) is 37.7 Å². The summed E-state index contributed by atoms with van der Waals surface area (Å²) >= 11 is 5.22. The molecular weight excluding hydrogens is 250 g/mol. The number of likely N-dealkylation sites (N-methyl/N-ethyl adjacent to an activating group) is 1. The van der Waals surface area contributed by atoms with Crippen molar-refractivity contribution in [3.8, 4) is 0 Å². The topological polar surface area (TPSA) is 41.3 Å². The predicted octanol–water partition coefficient (Wildman–Crippen LogP) is 1.41. The van der Waals surface area contributed by atoms with Crippen LogP contribution in [0.25, 0.3) is 0 Å². The van der Waals surface area contributed by atoms with Gasteiger partial charge >= 0.3 is 0 Å². The van der Waals surface area contributed by atoms with Crippen molar-refractivity contribution in [2.75, 3.05) is 20.3 Å². The minimum absolute atomic E-state index is 0.729. The number of halogens is 1. The molecule has 0 radical (unpaired) electrons. The van der Waals surface area contributed by atoms with E-state index in [1.165, 1.54) is 9.35 Å². The first-order chi connectivity index (χ1) is 6.22. The molecule has 3 N–H and O–H groups in total. The molecule has 0 unspecified atom stereocenters. The highest BCUT2D eigenvalue weighted by Crippen LogP contribution is 2.19. The highest BCUT2D eigenvalue weighted by molar-refractivity contribution is 9.10. The normalized spacial score (nSPS) is 11.1. The van der Waals surface area contributed by atoms with Gasteiger partial charge in [0.25, 0.3) is 0 Å². The Kier molecular flexibility index (Phi) is 4.90. The third-order valence-corrected chi connectivity index (χ3v) is 3.48. The zero-order chi connectivity index (χ0) is 9.68. The van der Waals surface area contributed by atoms with Crippen LogP contribution in [0.15, 0.2) is 15.9 Å². The molecule has 1 rings (SSSR count). The minimum atomic E-state index is 0.729. The number of nitrogens with two attached hydrogens (primary N) is 1. The molecule has 74 valence electrons. The van der Waals surface area contributed by atoms with Crippen LogP contribution < -0.4 is 11.3 Å². The lowest BCUT2D eigenvalue weighted by Crippen LogP contribution is -2.36. The molecule has 0 bridgehead atoms. The van der Waals surface area contributed by atoms with Gasteiger partial charge in [-0.3, -0.25) is 10.7 Å². The van der Waals surface area contributed by atoms with Crippen LogP contribution in [0.1, 0.15) is 4.88 Å². The summed E-state index contributed by atoms with van der Waals surface area (Å²) in [7, 11) is 2.04. The van der Waals surface area contributed by atoms with E-state index in [0.717, 1.165) is 19.6 Å². The first kappa shape index (κ1) is 11.1. The van der Waals surface area contributed by atoms with Gasteiger partial charge in [-0.25, -0.2) is 5.43 Å². The lowest BCUT2D eigenvalue weighted by molar-refractivity contribution is 0.313. The number of nitrogens with zero attached hydrogens (tertiary/aromatic N) is 1. The molecule has 1 aromatic heterocycles. The average molecular weight is 264 g/mol. The van der Waals surface area contributed by atoms with Gasteiger partial charge in [0.05, 0.1) is 6.67 Å². The molecule has 1 heterocycles. The van der Waals surface area contributed by atoms with Gasteiger partial charge < -0.3 is 0 Å². The van der Waals surface area contributed by atoms with Crippen LogP contribution in [0.3, 0.4) is 0 Å². The molecule has 3 nitrogen and oxygen atoms in total. The summed E-state index contributed by atoms with van der Waals surface area (Å²) in [6.07, 6.45) is 1.08. The SMILES string of the molecule is CN(CCc1cc(Br)cs1)CNN. The van der Waals surface area contributed by atoms with Gasteiger partial charge in [-0.15, -0.1) is 11.3 Å². The minimum Gasteiger partial charge on any atom is -0.292 e. The van der Waals surface area contributed by atoms with Crippen LogP contribution in [0.5, 0.6) is 0 Å². The lowest BCUT2D eigenvalue weighted by Gasteiger charge is -2.14. The molecule has 0 atom stereocenters. The van der Waals surface area contributed by atoms with E-state index in [4.69, 9.17) is 5.84 Å². The molecule has 0 fully saturated rings. The number of thiophene rings is 1. The van der Waals surface area contributed by atoms with Gasteiger partial charge in [0.2, 0.25) is 0 Å². The number of hydrogen-bond acceptors (Lipinski definition) is 4. The molecular formula is C8H14BrN3S. The second-order valence-corrected chi connectivity index (χ2v) is 4.83. The fourth-order valence-corrected chi connectivity index (χ4v) is 2.47. The van der Waals surface area contributed by atoms with E-state index in [0.29, 0.717) is 0 Å². The van der Waals surface area contributed by atoms with Crippen molar-refractivity contribution in [3.05, 3.63) is 20.8 Å². The van der Waals surface area contributed by atoms with Crippen LogP contribution in [-0.4, -0.2) is 25.2 Å². The number of nitrogens with one attached hydrogen (secondary N) is 1. The van der Waals surface area contributed by atoms with Crippen LogP contribution in [0.4, 0.5) is 0 Å². The van der Waals surface area contributed by atoms with Crippen molar-refractivity contribution in [1.29, 1.82) is 0 Å². The average Bonchev–Trinajstić information content (AvgIpc) is 2.49. The molecule has 0 amide bonds. The Balaban J connectivity index is 2.26. The smallest absolute Gasteiger partial charge is 0.0610 e. The van der Waals surface area contributed by atoms with E-state index in [1.54, 1.807) is 11.3 Å². The Labute approximate surface area is 91.0 Å². The fourth-order valence-electron chi connectivity index (χ4n) is 1.02. The molecule has 1 aromatic rings. The summed E-state index contributed by atoms with van der Waals surface area (Å²) in [5.74, 6) is 5.21. The summed E-state index contributed by atoms with van der Waals surface area (Å²) in [4.78, 5) is 3.55. The lowest BCUT2D eigenvalue weighted by atomic mass is 10.3. The van der Waals surface area contributed by atoms with E-state index in [1.807, 2.05) is 7.05 Å². The summed E-state index contributed by atoms with van der Waals surface area (Å²) in [6, 6.07) is 2.16. The summed E-state index contributed by atoms with van der Waals surface area (Å²) in [6.45, 7) is 1.75. The van der Waals surface area contributed by atoms with E-state index in [9.17, 15) is 0 Å². The summed E-state index contributed by atoms with van der Waals surface area (Å²) in [5, 5.41) is 2.11. The van der Waals surface area contributed by atoms with Crippen molar-refractivity contribution in [3.63, 3.8) is 0 Å². The Hall–Kier alpha value is 0.0600. The van der Waals surface area contributed by atoms with Crippen LogP contribution >= 0.6 is 27.3 Å². The van der Waals surface area contributed by atoms with Crippen LogP contribution in [0.2, 0.25) is 0 Å². The van der Waals surface area contributed by atoms with Gasteiger partial charge in [-0.1, -0.05) is 0 Å². The zero-order valence-corrected chi connectivity index (χ0v) is 9.99. The Morgan fingerprint density at radius 2 is 2.46 bits per heavy atom. The van der Waals surface area contributed by atoms with Crippen molar-refractivity contribution >= 4 is 27.3 Å². The van der Waals surface area contributed by atoms with Gasteiger partial charge in [0.1, 0.15) is 0 Å². The first-order valence-corrected chi connectivity index (χ1v) is 5.74. The molecule has 5 heteroatoms. The summed E-state index contributed by atoms with van der Waals surface area (Å²) < 4.78 is 1.17. The molecule has 0 spiro atoms. The molecule has 0 aliphatic carbocycles. The second-order valence-electron chi connectivity index (χ2n) is 2.92. The molecule has 0 aromatic carbocycles. The molecule has 0 aliphatic heterocycles. The van der Waals surface area contributed by atoms with Gasteiger partial charge in [-0.2, -0.15) is 0 Å². The monoisotopic (exact) mass is 263 g/mol. The Bertz CT molecular complexity index is 251. The highest BCUT2D eigenvalue weighted by Gasteiger charge is 2.00. The number of hydrazine groups is 1. The van der Waals surface area contributed by atoms with Crippen molar-refractivity contribution in [2.24, 2.45) is 5.84 Å². The maximum absolute atomic E-state index is 5.21. The first-order valence-electron chi connectivity index (χ1n) is 4.07. The maximum Gasteiger partial charge on any atom is 0.0610 e. The Morgan fingerprint density at radius 1 is 1.69 bits per heavy atom. The van der Waals surface area contributed by atoms with E-state index in [-0.39, 0.29) is 0 Å². The van der Waals surface area contributed by atoms with Crippen LogP contribution in [0, 0.1) is 0 Å². The Morgan fingerprint density at radius 3 is 3.00 bits per heavy atom. The largest absolute Gasteiger partial charge is 0.292 e. The number of rotatable bonds is 5. The van der Waals surface area contributed by atoms with Crippen LogP contribution in [-0.2, 0) is 6.42 Å². The molecule has 13 heavy (non-hydrogen) atoms. The fraction of sp³-hybridized carbons (Fsp3) is 0.500. The van der Waals surface area contributed by atoms with Crippen molar-refractivity contribution in [1.82, 2.24) is 10.3 Å². The van der Waals surface area contributed by atoms with E-state index < -0.39 is 0 Å². The van der Waals surface area contributed by atoms with Gasteiger partial charge in [0.15, 0.2) is 0 Å². The maximum atomic E-state index is 5.21. The summed E-state index contributed by atoms with van der Waals surface area (Å²) in [5.41, 5.74) is 2.63. The van der Waals surface area contributed by atoms with Gasteiger partial charge in [0, 0.05) is 21.3 Å². The second kappa shape index (κ2) is 5.72. The third kappa shape index (κ3) is 4.19. The molecule has 0 saturated carbocycles. The molecule has 0 saturated heterocycles. The quantitative estimate of drug-likeness (QED) is 0.480. The highest BCUT2D eigenvalue weighted by atomic mass is 79.9. The third-order valence-electron chi connectivity index (χ3n) is 1.72. The predicted molar refractivity (Wildman–Crippen MR) is 60.5 cm³/mol. The van der Waals surface area contributed by atoms with E-state index >= 15 is 0 Å². The van der Waals surface area contributed by atoms with Crippen molar-refractivity contribution in [2.45, 2.75) is 6.42 Å². The standard InChI is InChI=1S/C8H14BrN3S/c1-12(6-11-10)3-2-8-4-7(9)5-13-8/h4-5,11H,2-3,6,10H2,1H3. The van der Waals surface area contributed by atoms with Gasteiger partial charge in [-0.05, 0) is 35.5 Å². The number of hydrogen-bond donors (Lipinski definition) is 2. The zero-order valence-electron chi connectivity index (χ0n) is 7.59. The molecule has 0 aliphatic rings.